The van der Waals surface area contributed by atoms with Gasteiger partial charge in [-0.05, 0) is 25.7 Å². The maximum absolute atomic E-state index is 11.9. The highest BCUT2D eigenvalue weighted by Crippen LogP contribution is 2.15. The third-order valence-corrected chi connectivity index (χ3v) is 3.77. The van der Waals surface area contributed by atoms with Crippen LogP contribution in [0.25, 0.3) is 0 Å². The van der Waals surface area contributed by atoms with Gasteiger partial charge in [-0.2, -0.15) is 0 Å². The molecule has 2 amide bonds. The Labute approximate surface area is 122 Å². The van der Waals surface area contributed by atoms with Crippen molar-refractivity contribution < 1.29 is 9.53 Å². The van der Waals surface area contributed by atoms with E-state index in [1.807, 2.05) is 19.0 Å². The van der Waals surface area contributed by atoms with Crippen molar-refractivity contribution in [1.82, 2.24) is 15.1 Å². The number of nitrogens with zero attached hydrogens (tertiary/aromatic N) is 2. The molecule has 2 rings (SSSR count). The van der Waals surface area contributed by atoms with Gasteiger partial charge in [0.1, 0.15) is 0 Å². The van der Waals surface area contributed by atoms with Crippen molar-refractivity contribution in [3.05, 3.63) is 0 Å². The number of nitrogens with one attached hydrogen (secondary N) is 1. The van der Waals surface area contributed by atoms with Gasteiger partial charge in [-0.1, -0.05) is 0 Å². The number of carbonyl (C=O) groups excluding carboxylic acids is 1. The van der Waals surface area contributed by atoms with Gasteiger partial charge in [0.25, 0.3) is 0 Å². The Hall–Kier alpha value is -0.520. The maximum atomic E-state index is 11.9. The van der Waals surface area contributed by atoms with Crippen LogP contribution < -0.4 is 5.32 Å². The monoisotopic (exact) mass is 291 g/mol. The molecule has 0 aromatic rings. The minimum Gasteiger partial charge on any atom is -0.381 e. The SMILES string of the molecule is CN(C)C(=O)N1CCCC(NC2CCOCC2)C1.Cl. The number of carbonyl (C=O) groups is 1. The van der Waals surface area contributed by atoms with E-state index in [0.29, 0.717) is 12.1 Å². The lowest BCUT2D eigenvalue weighted by Crippen LogP contribution is -2.53. The summed E-state index contributed by atoms with van der Waals surface area (Å²) in [6, 6.07) is 1.15. The van der Waals surface area contributed by atoms with Crippen LogP contribution in [0, 0.1) is 0 Å². The third kappa shape index (κ3) is 4.82. The summed E-state index contributed by atoms with van der Waals surface area (Å²) in [5.41, 5.74) is 0. The molecule has 0 radical (unpaired) electrons. The van der Waals surface area contributed by atoms with Crippen LogP contribution in [-0.2, 0) is 4.74 Å². The van der Waals surface area contributed by atoms with Crippen LogP contribution in [-0.4, -0.2) is 68.3 Å². The molecule has 1 unspecified atom stereocenters. The number of likely N-dealkylation sites (tertiary alicyclic amines) is 1. The fraction of sp³-hybridized carbons (Fsp3) is 0.923. The minimum atomic E-state index is 0. The van der Waals surface area contributed by atoms with Gasteiger partial charge < -0.3 is 19.9 Å². The lowest BCUT2D eigenvalue weighted by atomic mass is 10.0. The van der Waals surface area contributed by atoms with Crippen molar-refractivity contribution in [2.24, 2.45) is 0 Å². The first-order valence-corrected chi connectivity index (χ1v) is 6.97. The van der Waals surface area contributed by atoms with Gasteiger partial charge in [0.05, 0.1) is 0 Å². The van der Waals surface area contributed by atoms with Crippen molar-refractivity contribution in [1.29, 1.82) is 0 Å². The molecule has 19 heavy (non-hydrogen) atoms. The Kier molecular flexibility index (Phi) is 6.89. The van der Waals surface area contributed by atoms with E-state index in [9.17, 15) is 4.79 Å². The molecule has 0 spiro atoms. The molecule has 0 aromatic heterocycles. The summed E-state index contributed by atoms with van der Waals surface area (Å²) in [7, 11) is 3.63. The lowest BCUT2D eigenvalue weighted by Gasteiger charge is -2.37. The number of ether oxygens (including phenoxy) is 1. The van der Waals surface area contributed by atoms with E-state index in [2.05, 4.69) is 5.32 Å². The number of hydrogen-bond acceptors (Lipinski definition) is 3. The first-order chi connectivity index (χ1) is 8.66. The maximum Gasteiger partial charge on any atom is 0.319 e. The van der Waals surface area contributed by atoms with Crippen LogP contribution in [0.4, 0.5) is 4.79 Å². The Balaban J connectivity index is 0.00000180. The molecule has 1 atom stereocenters. The van der Waals surface area contributed by atoms with E-state index in [-0.39, 0.29) is 18.4 Å². The van der Waals surface area contributed by atoms with Crippen molar-refractivity contribution in [2.45, 2.75) is 37.8 Å². The predicted octanol–water partition coefficient (Wildman–Crippen LogP) is 1.32. The fourth-order valence-electron chi connectivity index (χ4n) is 2.77. The molecular formula is C13H26ClN3O2. The van der Waals surface area contributed by atoms with E-state index in [4.69, 9.17) is 4.74 Å². The molecule has 0 aliphatic carbocycles. The quantitative estimate of drug-likeness (QED) is 0.835. The fourth-order valence-corrected chi connectivity index (χ4v) is 2.77. The summed E-state index contributed by atoms with van der Waals surface area (Å²) in [4.78, 5) is 15.6. The lowest BCUT2D eigenvalue weighted by molar-refractivity contribution is 0.0701. The van der Waals surface area contributed by atoms with Gasteiger partial charge in [0, 0.05) is 52.5 Å². The zero-order valence-electron chi connectivity index (χ0n) is 11.9. The molecule has 2 aliphatic heterocycles. The van der Waals surface area contributed by atoms with E-state index in [1.165, 1.54) is 6.42 Å². The molecule has 0 saturated carbocycles. The molecule has 2 fully saturated rings. The van der Waals surface area contributed by atoms with Crippen LogP contribution in [0.1, 0.15) is 25.7 Å². The normalized spacial score (nSPS) is 24.7. The topological polar surface area (TPSA) is 44.8 Å². The molecule has 112 valence electrons. The zero-order valence-corrected chi connectivity index (χ0v) is 12.7. The van der Waals surface area contributed by atoms with Crippen molar-refractivity contribution >= 4 is 18.4 Å². The van der Waals surface area contributed by atoms with Crippen LogP contribution in [0.5, 0.6) is 0 Å². The van der Waals surface area contributed by atoms with Crippen LogP contribution >= 0.6 is 12.4 Å². The number of hydrogen-bond donors (Lipinski definition) is 1. The Morgan fingerprint density at radius 1 is 1.21 bits per heavy atom. The van der Waals surface area contributed by atoms with Gasteiger partial charge in [0.15, 0.2) is 0 Å². The number of urea groups is 1. The van der Waals surface area contributed by atoms with Gasteiger partial charge >= 0.3 is 6.03 Å². The molecule has 2 aliphatic rings. The predicted molar refractivity (Wildman–Crippen MR) is 77.9 cm³/mol. The first-order valence-electron chi connectivity index (χ1n) is 6.97. The van der Waals surface area contributed by atoms with Gasteiger partial charge in [-0.15, -0.1) is 12.4 Å². The van der Waals surface area contributed by atoms with Crippen molar-refractivity contribution in [2.75, 3.05) is 40.4 Å². The van der Waals surface area contributed by atoms with E-state index >= 15 is 0 Å². The number of rotatable bonds is 2. The third-order valence-electron chi connectivity index (χ3n) is 3.77. The molecule has 5 nitrogen and oxygen atoms in total. The molecule has 2 saturated heterocycles. The second-order valence-corrected chi connectivity index (χ2v) is 5.52. The van der Waals surface area contributed by atoms with E-state index in [0.717, 1.165) is 45.6 Å². The number of halogens is 1. The number of amides is 2. The Bertz CT molecular complexity index is 283. The van der Waals surface area contributed by atoms with Crippen molar-refractivity contribution in [3.8, 4) is 0 Å². The second-order valence-electron chi connectivity index (χ2n) is 5.52. The van der Waals surface area contributed by atoms with E-state index in [1.54, 1.807) is 4.90 Å². The summed E-state index contributed by atoms with van der Waals surface area (Å²) < 4.78 is 5.37. The zero-order chi connectivity index (χ0) is 13.0. The van der Waals surface area contributed by atoms with Gasteiger partial charge in [-0.3, -0.25) is 0 Å². The molecule has 0 bridgehead atoms. The van der Waals surface area contributed by atoms with Crippen LogP contribution in [0.15, 0.2) is 0 Å². The summed E-state index contributed by atoms with van der Waals surface area (Å²) in [6.07, 6.45) is 4.46. The Morgan fingerprint density at radius 2 is 1.89 bits per heavy atom. The largest absolute Gasteiger partial charge is 0.381 e. The average Bonchev–Trinajstić information content (AvgIpc) is 2.39. The van der Waals surface area contributed by atoms with E-state index < -0.39 is 0 Å². The molecule has 0 aromatic carbocycles. The summed E-state index contributed by atoms with van der Waals surface area (Å²) in [6.45, 7) is 3.47. The second kappa shape index (κ2) is 7.92. The highest BCUT2D eigenvalue weighted by Gasteiger charge is 2.26. The number of piperidine rings is 1. The van der Waals surface area contributed by atoms with Gasteiger partial charge in [0.2, 0.25) is 0 Å². The average molecular weight is 292 g/mol. The summed E-state index contributed by atoms with van der Waals surface area (Å²) >= 11 is 0. The minimum absolute atomic E-state index is 0. The summed E-state index contributed by atoms with van der Waals surface area (Å²) in [5.74, 6) is 0. The molecular weight excluding hydrogens is 266 g/mol. The molecule has 2 heterocycles. The van der Waals surface area contributed by atoms with Crippen molar-refractivity contribution in [3.63, 3.8) is 0 Å². The van der Waals surface area contributed by atoms with Crippen LogP contribution in [0.2, 0.25) is 0 Å². The first kappa shape index (κ1) is 16.5. The van der Waals surface area contributed by atoms with Crippen LogP contribution in [0.3, 0.4) is 0 Å². The van der Waals surface area contributed by atoms with Gasteiger partial charge in [-0.25, -0.2) is 4.79 Å². The molecule has 1 N–H and O–H groups in total. The standard InChI is InChI=1S/C13H25N3O2.ClH/c1-15(2)13(17)16-7-3-4-12(10-16)14-11-5-8-18-9-6-11;/h11-12,14H,3-10H2,1-2H3;1H. The highest BCUT2D eigenvalue weighted by atomic mass is 35.5. The summed E-state index contributed by atoms with van der Waals surface area (Å²) in [5, 5.41) is 3.69. The Morgan fingerprint density at radius 3 is 2.53 bits per heavy atom. The highest BCUT2D eigenvalue weighted by molar-refractivity contribution is 5.85. The molecule has 6 heteroatoms. The smallest absolute Gasteiger partial charge is 0.319 e.